The lowest BCUT2D eigenvalue weighted by atomic mass is 10.00. The van der Waals surface area contributed by atoms with Crippen LogP contribution in [0.4, 0.5) is 0 Å². The summed E-state index contributed by atoms with van der Waals surface area (Å²) in [6.45, 7) is 0. The van der Waals surface area contributed by atoms with Crippen molar-refractivity contribution in [2.75, 3.05) is 0 Å². The lowest BCUT2D eigenvalue weighted by molar-refractivity contribution is -0.121. The largest absolute Gasteiger partial charge is 0.273 e. The molecule has 1 unspecified atom stereocenters. The van der Waals surface area contributed by atoms with Crippen LogP contribution >= 0.6 is 0 Å². The second-order valence-corrected chi connectivity index (χ2v) is 8.33. The summed E-state index contributed by atoms with van der Waals surface area (Å²) in [5, 5.41) is 4.13. The van der Waals surface area contributed by atoms with Crippen LogP contribution in [0.1, 0.15) is 29.5 Å². The van der Waals surface area contributed by atoms with Gasteiger partial charge in [-0.3, -0.25) is 4.79 Å². The summed E-state index contributed by atoms with van der Waals surface area (Å²) in [7, 11) is -3.52. The first-order valence-corrected chi connectivity index (χ1v) is 10.0. The number of fused-ring (bicyclic) bond motifs is 1. The number of rotatable bonds is 4. The van der Waals surface area contributed by atoms with Gasteiger partial charge in [-0.2, -0.15) is 5.10 Å². The highest BCUT2D eigenvalue weighted by atomic mass is 32.2. The summed E-state index contributed by atoms with van der Waals surface area (Å²) in [4.78, 5) is 11.5. The fraction of sp³-hybridized carbons (Fsp3) is 0.263. The number of benzene rings is 2. The van der Waals surface area contributed by atoms with E-state index in [-0.39, 0.29) is 16.8 Å². The van der Waals surface area contributed by atoms with Gasteiger partial charge in [0.15, 0.2) is 0 Å². The van der Waals surface area contributed by atoms with Crippen LogP contribution in [-0.2, 0) is 27.7 Å². The zero-order valence-corrected chi connectivity index (χ0v) is 14.9. The predicted octanol–water partition coefficient (Wildman–Crippen LogP) is 1.75. The van der Waals surface area contributed by atoms with Crippen LogP contribution in [0.2, 0.25) is 0 Å². The number of carbonyl (C=O) groups is 1. The third-order valence-corrected chi connectivity index (χ3v) is 6.29. The number of hydrogen-bond acceptors (Lipinski definition) is 4. The zero-order chi connectivity index (χ0) is 18.1. The Bertz CT molecular complexity index is 984. The Kier molecular flexibility index (Phi) is 4.34. The third kappa shape index (κ3) is 3.40. The summed E-state index contributed by atoms with van der Waals surface area (Å²) in [5.41, 5.74) is 6.63. The van der Waals surface area contributed by atoms with Crippen molar-refractivity contribution in [3.05, 3.63) is 65.2 Å². The Morgan fingerprint density at radius 3 is 2.50 bits per heavy atom. The smallest absolute Gasteiger partial charge is 0.240 e. The van der Waals surface area contributed by atoms with Crippen LogP contribution in [0.3, 0.4) is 0 Å². The van der Waals surface area contributed by atoms with Crippen molar-refractivity contribution in [3.8, 4) is 0 Å². The average Bonchev–Trinajstić information content (AvgIpc) is 3.03. The van der Waals surface area contributed by atoms with Gasteiger partial charge in [-0.1, -0.05) is 30.3 Å². The summed E-state index contributed by atoms with van der Waals surface area (Å²) >= 11 is 0. The molecule has 1 aliphatic heterocycles. The van der Waals surface area contributed by atoms with Crippen molar-refractivity contribution in [1.82, 2.24) is 10.1 Å². The number of nitrogens with one attached hydrogen (secondary N) is 2. The van der Waals surface area contributed by atoms with Crippen molar-refractivity contribution in [2.24, 2.45) is 5.10 Å². The first kappa shape index (κ1) is 16.9. The molecule has 1 heterocycles. The molecule has 2 aliphatic rings. The quantitative estimate of drug-likeness (QED) is 0.861. The van der Waals surface area contributed by atoms with Gasteiger partial charge in [-0.05, 0) is 47.7 Å². The van der Waals surface area contributed by atoms with E-state index in [0.29, 0.717) is 25.7 Å². The van der Waals surface area contributed by atoms with Crippen molar-refractivity contribution >= 4 is 21.6 Å². The number of nitrogens with zero attached hydrogens (tertiary/aromatic N) is 1. The molecule has 4 rings (SSSR count). The van der Waals surface area contributed by atoms with Crippen LogP contribution in [-0.4, -0.2) is 26.1 Å². The molecule has 1 aliphatic carbocycles. The molecule has 1 atom stereocenters. The van der Waals surface area contributed by atoms with E-state index in [4.69, 9.17) is 0 Å². The lowest BCUT2D eigenvalue weighted by Crippen LogP contribution is -2.35. The van der Waals surface area contributed by atoms with Gasteiger partial charge in [0, 0.05) is 18.9 Å². The molecule has 0 aromatic heterocycles. The van der Waals surface area contributed by atoms with E-state index in [1.165, 1.54) is 0 Å². The average molecular weight is 369 g/mol. The Morgan fingerprint density at radius 2 is 1.77 bits per heavy atom. The van der Waals surface area contributed by atoms with Gasteiger partial charge in [0.2, 0.25) is 15.9 Å². The summed E-state index contributed by atoms with van der Waals surface area (Å²) in [6, 6.07) is 14.3. The fourth-order valence-electron chi connectivity index (χ4n) is 3.45. The minimum atomic E-state index is -3.52. The van der Waals surface area contributed by atoms with Crippen molar-refractivity contribution in [3.63, 3.8) is 0 Å². The summed E-state index contributed by atoms with van der Waals surface area (Å²) < 4.78 is 27.8. The fourth-order valence-corrected chi connectivity index (χ4v) is 4.71. The molecular formula is C19H19N3O3S. The molecular weight excluding hydrogens is 350 g/mol. The van der Waals surface area contributed by atoms with Crippen molar-refractivity contribution in [1.29, 1.82) is 0 Å². The first-order chi connectivity index (χ1) is 12.5. The highest BCUT2D eigenvalue weighted by Crippen LogP contribution is 2.26. The molecule has 0 radical (unpaired) electrons. The van der Waals surface area contributed by atoms with Gasteiger partial charge in [-0.25, -0.2) is 18.6 Å². The number of hydrogen-bond donors (Lipinski definition) is 2. The maximum atomic E-state index is 12.5. The molecule has 2 N–H and O–H groups in total. The Labute approximate surface area is 152 Å². The lowest BCUT2D eigenvalue weighted by Gasteiger charge is -2.13. The van der Waals surface area contributed by atoms with Gasteiger partial charge >= 0.3 is 0 Å². The van der Waals surface area contributed by atoms with Crippen LogP contribution in [0.25, 0.3) is 0 Å². The van der Waals surface area contributed by atoms with E-state index in [1.54, 1.807) is 30.3 Å². The van der Waals surface area contributed by atoms with Gasteiger partial charge in [0.25, 0.3) is 0 Å². The highest BCUT2D eigenvalue weighted by Gasteiger charge is 2.27. The normalized spacial score (nSPS) is 19.6. The number of carbonyl (C=O) groups excluding carboxylic acids is 1. The van der Waals surface area contributed by atoms with E-state index in [0.717, 1.165) is 22.4 Å². The van der Waals surface area contributed by atoms with Crippen molar-refractivity contribution < 1.29 is 13.2 Å². The van der Waals surface area contributed by atoms with Crippen LogP contribution in [0.5, 0.6) is 0 Å². The Balaban J connectivity index is 1.50. The SMILES string of the molecule is O=C1CCC(c2ccc3c(c2)CC(NS(=O)(=O)c2ccccc2)C3)=NN1. The molecule has 0 spiro atoms. The van der Waals surface area contributed by atoms with Gasteiger partial charge in [0.05, 0.1) is 10.6 Å². The zero-order valence-electron chi connectivity index (χ0n) is 14.1. The first-order valence-electron chi connectivity index (χ1n) is 8.56. The molecule has 6 nitrogen and oxygen atoms in total. The molecule has 0 saturated heterocycles. The number of sulfonamides is 1. The maximum absolute atomic E-state index is 12.5. The Morgan fingerprint density at radius 1 is 1.00 bits per heavy atom. The molecule has 26 heavy (non-hydrogen) atoms. The molecule has 0 bridgehead atoms. The number of hydrazone groups is 1. The van der Waals surface area contributed by atoms with E-state index in [2.05, 4.69) is 21.3 Å². The molecule has 134 valence electrons. The van der Waals surface area contributed by atoms with E-state index in [9.17, 15) is 13.2 Å². The van der Waals surface area contributed by atoms with Crippen LogP contribution < -0.4 is 10.1 Å². The monoisotopic (exact) mass is 369 g/mol. The van der Waals surface area contributed by atoms with E-state index in [1.807, 2.05) is 12.1 Å². The third-order valence-electron chi connectivity index (χ3n) is 4.75. The second kappa shape index (κ2) is 6.66. The minimum Gasteiger partial charge on any atom is -0.273 e. The standard InChI is InChI=1S/C19H19N3O3S/c23-19-9-8-18(20-21-19)14-7-6-13-11-16(12-15(13)10-14)22-26(24,25)17-4-2-1-3-5-17/h1-7,10,16,22H,8-9,11-12H2,(H,21,23). The molecule has 0 fully saturated rings. The topological polar surface area (TPSA) is 87.6 Å². The van der Waals surface area contributed by atoms with Gasteiger partial charge < -0.3 is 0 Å². The highest BCUT2D eigenvalue weighted by molar-refractivity contribution is 7.89. The Hall–Kier alpha value is -2.51. The van der Waals surface area contributed by atoms with Crippen molar-refractivity contribution in [2.45, 2.75) is 36.6 Å². The maximum Gasteiger partial charge on any atom is 0.240 e. The predicted molar refractivity (Wildman–Crippen MR) is 98.3 cm³/mol. The van der Waals surface area contributed by atoms with E-state index < -0.39 is 10.0 Å². The van der Waals surface area contributed by atoms with E-state index >= 15 is 0 Å². The van der Waals surface area contributed by atoms with Crippen LogP contribution in [0, 0.1) is 0 Å². The van der Waals surface area contributed by atoms with Gasteiger partial charge in [0.1, 0.15) is 0 Å². The summed E-state index contributed by atoms with van der Waals surface area (Å²) in [5.74, 6) is -0.0645. The molecule has 1 amide bonds. The minimum absolute atomic E-state index is 0.0645. The molecule has 0 saturated carbocycles. The molecule has 2 aromatic carbocycles. The summed E-state index contributed by atoms with van der Waals surface area (Å²) in [6.07, 6.45) is 2.38. The second-order valence-electron chi connectivity index (χ2n) is 6.62. The molecule has 7 heteroatoms. The van der Waals surface area contributed by atoms with Gasteiger partial charge in [-0.15, -0.1) is 0 Å². The van der Waals surface area contributed by atoms with Crippen LogP contribution in [0.15, 0.2) is 58.5 Å². The number of amides is 1. The molecule has 2 aromatic rings.